The minimum absolute atomic E-state index is 0.276. The Kier molecular flexibility index (Phi) is 4.66. The van der Waals surface area contributed by atoms with Crippen LogP contribution in [0.1, 0.15) is 10.4 Å². The van der Waals surface area contributed by atoms with Crippen molar-refractivity contribution < 1.29 is 27.1 Å². The second-order valence-electron chi connectivity index (χ2n) is 4.15. The Balaban J connectivity index is 2.55. The van der Waals surface area contributed by atoms with Gasteiger partial charge < -0.3 is 5.11 Å². The molecule has 0 aliphatic heterocycles. The predicted octanol–water partition coefficient (Wildman–Crippen LogP) is 3.07. The number of hydrogen-bond donors (Lipinski definition) is 2. The highest BCUT2D eigenvalue weighted by Gasteiger charge is 2.25. The second kappa shape index (κ2) is 6.16. The smallest absolute Gasteiger partial charge is 0.337 e. The normalized spacial score (nSPS) is 11.2. The van der Waals surface area contributed by atoms with Crippen molar-refractivity contribution in [1.82, 2.24) is 0 Å². The second-order valence-corrected chi connectivity index (χ2v) is 7.02. The lowest BCUT2D eigenvalue weighted by Crippen LogP contribution is -2.18. The summed E-state index contributed by atoms with van der Waals surface area (Å²) in [5, 5.41) is 9.05. The van der Waals surface area contributed by atoms with Crippen LogP contribution in [0.3, 0.4) is 0 Å². The van der Waals surface area contributed by atoms with Gasteiger partial charge in [0.25, 0.3) is 10.0 Å². The molecule has 0 unspecified atom stereocenters. The van der Waals surface area contributed by atoms with Crippen molar-refractivity contribution in [1.29, 1.82) is 0 Å². The van der Waals surface area contributed by atoms with Gasteiger partial charge in [-0.15, -0.1) is 0 Å². The van der Waals surface area contributed by atoms with E-state index in [1.165, 1.54) is 18.2 Å². The number of sulfonamides is 1. The lowest BCUT2D eigenvalue weighted by molar-refractivity contribution is 0.0698. The van der Waals surface area contributed by atoms with E-state index in [0.717, 1.165) is 18.2 Å². The number of hydrogen-bond acceptors (Lipinski definition) is 3. The Morgan fingerprint density at radius 1 is 1.14 bits per heavy atom. The summed E-state index contributed by atoms with van der Waals surface area (Å²) in [5.74, 6) is -3.91. The lowest BCUT2D eigenvalue weighted by atomic mass is 10.2. The summed E-state index contributed by atoms with van der Waals surface area (Å²) in [5.41, 5.74) is -0.609. The van der Waals surface area contributed by atoms with E-state index >= 15 is 0 Å². The van der Waals surface area contributed by atoms with E-state index in [2.05, 4.69) is 0 Å². The van der Waals surface area contributed by atoms with Crippen molar-refractivity contribution in [3.05, 3.63) is 57.2 Å². The number of rotatable bonds is 4. The van der Waals surface area contributed by atoms with Crippen LogP contribution in [-0.4, -0.2) is 19.5 Å². The third-order valence-corrected chi connectivity index (χ3v) is 4.73. The van der Waals surface area contributed by atoms with Crippen LogP contribution in [0.2, 0.25) is 0 Å². The molecule has 22 heavy (non-hydrogen) atoms. The molecule has 0 saturated carbocycles. The van der Waals surface area contributed by atoms with Gasteiger partial charge in [0, 0.05) is 3.57 Å². The molecule has 0 bridgehead atoms. The molecular formula is C13H8F2INO4S. The van der Waals surface area contributed by atoms with Crippen LogP contribution in [0, 0.1) is 15.2 Å². The molecule has 2 N–H and O–H groups in total. The van der Waals surface area contributed by atoms with E-state index in [-0.39, 0.29) is 11.3 Å². The summed E-state index contributed by atoms with van der Waals surface area (Å²) in [6.07, 6.45) is 0. The molecule has 116 valence electrons. The average Bonchev–Trinajstić information content (AvgIpc) is 2.37. The minimum atomic E-state index is -4.61. The van der Waals surface area contributed by atoms with Crippen molar-refractivity contribution in [2.45, 2.75) is 4.90 Å². The minimum Gasteiger partial charge on any atom is -0.478 e. The summed E-state index contributed by atoms with van der Waals surface area (Å²) in [7, 11) is -4.61. The van der Waals surface area contributed by atoms with E-state index in [9.17, 15) is 22.0 Å². The monoisotopic (exact) mass is 439 g/mol. The number of aromatic carboxylic acids is 1. The summed E-state index contributed by atoms with van der Waals surface area (Å²) in [6.45, 7) is 0. The topological polar surface area (TPSA) is 83.5 Å². The SMILES string of the molecule is O=C(O)c1ccc(I)cc1NS(=O)(=O)c1c(F)cccc1F. The lowest BCUT2D eigenvalue weighted by Gasteiger charge is -2.12. The first-order valence-electron chi connectivity index (χ1n) is 5.72. The van der Waals surface area contributed by atoms with Crippen molar-refractivity contribution in [2.75, 3.05) is 4.72 Å². The molecule has 0 heterocycles. The highest BCUT2D eigenvalue weighted by molar-refractivity contribution is 14.1. The molecule has 0 aromatic heterocycles. The molecule has 0 aliphatic rings. The van der Waals surface area contributed by atoms with Gasteiger partial charge >= 0.3 is 5.97 Å². The number of anilines is 1. The van der Waals surface area contributed by atoms with E-state index in [4.69, 9.17) is 5.11 Å². The molecule has 0 aliphatic carbocycles. The van der Waals surface area contributed by atoms with Crippen LogP contribution >= 0.6 is 22.6 Å². The molecule has 0 radical (unpaired) electrons. The Labute approximate surface area is 138 Å². The maximum absolute atomic E-state index is 13.6. The molecule has 0 saturated heterocycles. The fraction of sp³-hybridized carbons (Fsp3) is 0. The van der Waals surface area contributed by atoms with E-state index in [1.807, 2.05) is 27.3 Å². The van der Waals surface area contributed by atoms with Gasteiger partial charge in [-0.1, -0.05) is 6.07 Å². The number of carboxylic acids is 1. The number of nitrogens with one attached hydrogen (secondary N) is 1. The fourth-order valence-electron chi connectivity index (χ4n) is 1.72. The molecule has 5 nitrogen and oxygen atoms in total. The predicted molar refractivity (Wildman–Crippen MR) is 83.3 cm³/mol. The number of benzene rings is 2. The number of carboxylic acid groups (broad SMARTS) is 1. The molecule has 2 rings (SSSR count). The first-order chi connectivity index (χ1) is 10.2. The average molecular weight is 439 g/mol. The fourth-order valence-corrected chi connectivity index (χ4v) is 3.42. The molecule has 0 atom stereocenters. The van der Waals surface area contributed by atoms with Gasteiger partial charge in [0.15, 0.2) is 4.90 Å². The first kappa shape index (κ1) is 16.6. The van der Waals surface area contributed by atoms with Gasteiger partial charge in [-0.2, -0.15) is 0 Å². The molecule has 2 aromatic carbocycles. The third-order valence-electron chi connectivity index (χ3n) is 2.64. The van der Waals surface area contributed by atoms with E-state index in [1.54, 1.807) is 0 Å². The summed E-state index contributed by atoms with van der Waals surface area (Å²) in [6, 6.07) is 6.53. The van der Waals surface area contributed by atoms with Crippen LogP contribution < -0.4 is 4.72 Å². The van der Waals surface area contributed by atoms with Gasteiger partial charge in [-0.3, -0.25) is 4.72 Å². The largest absolute Gasteiger partial charge is 0.478 e. The molecule has 0 spiro atoms. The van der Waals surface area contributed by atoms with Crippen molar-refractivity contribution >= 4 is 44.3 Å². The third kappa shape index (κ3) is 3.35. The molecule has 9 heteroatoms. The highest BCUT2D eigenvalue weighted by Crippen LogP contribution is 2.25. The zero-order valence-electron chi connectivity index (χ0n) is 10.7. The van der Waals surface area contributed by atoms with Crippen LogP contribution in [0.25, 0.3) is 0 Å². The van der Waals surface area contributed by atoms with Crippen LogP contribution in [0.15, 0.2) is 41.3 Å². The van der Waals surface area contributed by atoms with Crippen molar-refractivity contribution in [3.63, 3.8) is 0 Å². The maximum Gasteiger partial charge on any atom is 0.337 e. The summed E-state index contributed by atoms with van der Waals surface area (Å²) >= 11 is 1.85. The van der Waals surface area contributed by atoms with E-state index in [0.29, 0.717) is 3.57 Å². The van der Waals surface area contributed by atoms with Crippen molar-refractivity contribution in [3.8, 4) is 0 Å². The standard InChI is InChI=1S/C13H8F2INO4S/c14-9-2-1-3-10(15)12(9)22(20,21)17-11-6-7(16)4-5-8(11)13(18)19/h1-6,17H,(H,18,19). The molecule has 2 aromatic rings. The van der Waals surface area contributed by atoms with Gasteiger partial charge in [-0.25, -0.2) is 22.0 Å². The number of carbonyl (C=O) groups is 1. The Morgan fingerprint density at radius 2 is 1.73 bits per heavy atom. The quantitative estimate of drug-likeness (QED) is 0.718. The van der Waals surface area contributed by atoms with Crippen LogP contribution in [-0.2, 0) is 10.0 Å². The Morgan fingerprint density at radius 3 is 2.27 bits per heavy atom. The Bertz CT molecular complexity index is 835. The highest BCUT2D eigenvalue weighted by atomic mass is 127. The van der Waals surface area contributed by atoms with Gasteiger partial charge in [0.2, 0.25) is 0 Å². The van der Waals surface area contributed by atoms with Gasteiger partial charge in [0.05, 0.1) is 11.3 Å². The van der Waals surface area contributed by atoms with Gasteiger partial charge in [0.1, 0.15) is 11.6 Å². The molecule has 0 amide bonds. The maximum atomic E-state index is 13.6. The van der Waals surface area contributed by atoms with Crippen LogP contribution in [0.4, 0.5) is 14.5 Å². The first-order valence-corrected chi connectivity index (χ1v) is 8.28. The summed E-state index contributed by atoms with van der Waals surface area (Å²) < 4.78 is 54.0. The number of halogens is 3. The summed E-state index contributed by atoms with van der Waals surface area (Å²) in [4.78, 5) is 9.94. The van der Waals surface area contributed by atoms with E-state index < -0.39 is 32.5 Å². The van der Waals surface area contributed by atoms with Crippen molar-refractivity contribution in [2.24, 2.45) is 0 Å². The van der Waals surface area contributed by atoms with Crippen LogP contribution in [0.5, 0.6) is 0 Å². The Hall–Kier alpha value is -1.75. The van der Waals surface area contributed by atoms with Gasteiger partial charge in [-0.05, 0) is 52.9 Å². The molecular weight excluding hydrogens is 431 g/mol. The molecule has 0 fully saturated rings. The zero-order chi connectivity index (χ0) is 16.5. The zero-order valence-corrected chi connectivity index (χ0v) is 13.7.